The number of ether oxygens (including phenoxy) is 1. The van der Waals surface area contributed by atoms with Crippen molar-refractivity contribution in [3.63, 3.8) is 0 Å². The van der Waals surface area contributed by atoms with Gasteiger partial charge >= 0.3 is 0 Å². The first-order valence-electron chi connectivity index (χ1n) is 7.08. The number of sulfonamides is 1. The van der Waals surface area contributed by atoms with Gasteiger partial charge in [0.15, 0.2) is 0 Å². The third-order valence-corrected chi connectivity index (χ3v) is 5.95. The number of rotatable bonds is 3. The summed E-state index contributed by atoms with van der Waals surface area (Å²) >= 11 is 5.83. The summed E-state index contributed by atoms with van der Waals surface area (Å²) < 4.78 is 32.3. The molecule has 3 rings (SSSR count). The maximum atomic E-state index is 12.9. The zero-order valence-corrected chi connectivity index (χ0v) is 14.0. The Morgan fingerprint density at radius 1 is 1.22 bits per heavy atom. The standard InChI is InChI=1S/C16H16ClNO4S/c1-22-12-4-7-14-15(10-12)18(9-8-16(14)19)23(20,21)13-5-2-11(17)3-6-13/h2-7,10,16,19H,8-9H2,1H3. The van der Waals surface area contributed by atoms with Gasteiger partial charge in [-0.2, -0.15) is 0 Å². The van der Waals surface area contributed by atoms with Gasteiger partial charge in [-0.05, 0) is 36.8 Å². The molecule has 1 aliphatic heterocycles. The summed E-state index contributed by atoms with van der Waals surface area (Å²) in [6, 6.07) is 11.1. The third kappa shape index (κ3) is 2.89. The molecule has 122 valence electrons. The first-order chi connectivity index (χ1) is 10.9. The highest BCUT2D eigenvalue weighted by molar-refractivity contribution is 7.92. The molecule has 1 unspecified atom stereocenters. The van der Waals surface area contributed by atoms with Crippen LogP contribution < -0.4 is 9.04 Å². The number of nitrogens with zero attached hydrogens (tertiary/aromatic N) is 1. The van der Waals surface area contributed by atoms with Crippen molar-refractivity contribution in [2.24, 2.45) is 0 Å². The van der Waals surface area contributed by atoms with Crippen molar-refractivity contribution < 1.29 is 18.3 Å². The Labute approximate surface area is 140 Å². The second-order valence-corrected chi connectivity index (χ2v) is 7.56. The summed E-state index contributed by atoms with van der Waals surface area (Å²) in [5.74, 6) is 0.536. The molecule has 23 heavy (non-hydrogen) atoms. The van der Waals surface area contributed by atoms with E-state index in [1.165, 1.54) is 23.5 Å². The highest BCUT2D eigenvalue weighted by atomic mass is 35.5. The minimum Gasteiger partial charge on any atom is -0.497 e. The predicted molar refractivity (Wildman–Crippen MR) is 88.6 cm³/mol. The smallest absolute Gasteiger partial charge is 0.264 e. The number of anilines is 1. The molecule has 0 spiro atoms. The van der Waals surface area contributed by atoms with Gasteiger partial charge in [0.25, 0.3) is 10.0 Å². The summed E-state index contributed by atoms with van der Waals surface area (Å²) in [7, 11) is -2.22. The highest BCUT2D eigenvalue weighted by Crippen LogP contribution is 2.39. The van der Waals surface area contributed by atoms with E-state index in [9.17, 15) is 13.5 Å². The van der Waals surface area contributed by atoms with Crippen LogP contribution in [0.1, 0.15) is 18.1 Å². The highest BCUT2D eigenvalue weighted by Gasteiger charge is 2.32. The van der Waals surface area contributed by atoms with Crippen molar-refractivity contribution in [1.29, 1.82) is 0 Å². The summed E-state index contributed by atoms with van der Waals surface area (Å²) in [6.07, 6.45) is -0.348. The van der Waals surface area contributed by atoms with E-state index in [2.05, 4.69) is 0 Å². The van der Waals surface area contributed by atoms with Gasteiger partial charge in [-0.15, -0.1) is 0 Å². The second-order valence-electron chi connectivity index (χ2n) is 5.26. The van der Waals surface area contributed by atoms with Crippen LogP contribution in [0.25, 0.3) is 0 Å². The molecule has 2 aromatic carbocycles. The molecule has 0 bridgehead atoms. The molecule has 0 saturated carbocycles. The average molecular weight is 354 g/mol. The van der Waals surface area contributed by atoms with Crippen molar-refractivity contribution >= 4 is 27.3 Å². The SMILES string of the molecule is COc1ccc2c(c1)N(S(=O)(=O)c1ccc(Cl)cc1)CCC2O. The monoisotopic (exact) mass is 353 g/mol. The molecule has 1 atom stereocenters. The van der Waals surface area contributed by atoms with Gasteiger partial charge in [-0.25, -0.2) is 8.42 Å². The van der Waals surface area contributed by atoms with Crippen LogP contribution in [0, 0.1) is 0 Å². The minimum atomic E-state index is -3.73. The number of aliphatic hydroxyl groups excluding tert-OH is 1. The number of benzene rings is 2. The molecule has 1 aliphatic rings. The normalized spacial score (nSPS) is 17.7. The minimum absolute atomic E-state index is 0.159. The van der Waals surface area contributed by atoms with Crippen LogP contribution in [0.5, 0.6) is 5.75 Å². The Morgan fingerprint density at radius 2 is 1.91 bits per heavy atom. The fourth-order valence-electron chi connectivity index (χ4n) is 2.65. The summed E-state index contributed by atoms with van der Waals surface area (Å²) in [6.45, 7) is 0.201. The largest absolute Gasteiger partial charge is 0.497 e. The molecule has 0 fully saturated rings. The Kier molecular flexibility index (Phi) is 4.23. The topological polar surface area (TPSA) is 66.8 Å². The van der Waals surface area contributed by atoms with Crippen LogP contribution in [-0.2, 0) is 10.0 Å². The fraction of sp³-hybridized carbons (Fsp3) is 0.250. The molecule has 0 radical (unpaired) electrons. The number of hydrogen-bond acceptors (Lipinski definition) is 4. The number of fused-ring (bicyclic) bond motifs is 1. The Hall–Kier alpha value is -1.76. The lowest BCUT2D eigenvalue weighted by atomic mass is 10.0. The van der Waals surface area contributed by atoms with Gasteiger partial charge in [-0.3, -0.25) is 4.31 Å². The van der Waals surface area contributed by atoms with Crippen LogP contribution in [0.4, 0.5) is 5.69 Å². The van der Waals surface area contributed by atoms with E-state index in [0.29, 0.717) is 28.4 Å². The summed E-state index contributed by atoms with van der Waals surface area (Å²) in [4.78, 5) is 0.159. The van der Waals surface area contributed by atoms with Crippen LogP contribution in [0.3, 0.4) is 0 Å². The third-order valence-electron chi connectivity index (χ3n) is 3.87. The molecule has 0 amide bonds. The quantitative estimate of drug-likeness (QED) is 0.921. The molecule has 1 heterocycles. The number of aliphatic hydroxyl groups is 1. The van der Waals surface area contributed by atoms with Crippen LogP contribution in [-0.4, -0.2) is 27.2 Å². The second kappa shape index (κ2) is 6.03. The maximum Gasteiger partial charge on any atom is 0.264 e. The Morgan fingerprint density at radius 3 is 2.57 bits per heavy atom. The van der Waals surface area contributed by atoms with E-state index in [1.807, 2.05) is 0 Å². The fourth-order valence-corrected chi connectivity index (χ4v) is 4.27. The number of methoxy groups -OCH3 is 1. The first-order valence-corrected chi connectivity index (χ1v) is 8.89. The van der Waals surface area contributed by atoms with Crippen molar-refractivity contribution in [1.82, 2.24) is 0 Å². The lowest BCUT2D eigenvalue weighted by Crippen LogP contribution is -2.36. The zero-order valence-electron chi connectivity index (χ0n) is 12.4. The number of hydrogen-bond donors (Lipinski definition) is 1. The molecule has 7 heteroatoms. The predicted octanol–water partition coefficient (Wildman–Crippen LogP) is 2.98. The Bertz CT molecular complexity index is 820. The van der Waals surface area contributed by atoms with Gasteiger partial charge in [0.1, 0.15) is 5.75 Å². The average Bonchev–Trinajstić information content (AvgIpc) is 2.55. The van der Waals surface area contributed by atoms with E-state index in [4.69, 9.17) is 16.3 Å². The molecule has 0 saturated heterocycles. The summed E-state index contributed by atoms with van der Waals surface area (Å²) in [5.41, 5.74) is 1.02. The van der Waals surface area contributed by atoms with Crippen molar-refractivity contribution in [2.75, 3.05) is 18.0 Å². The van der Waals surface area contributed by atoms with Gasteiger partial charge in [0.2, 0.25) is 0 Å². The van der Waals surface area contributed by atoms with Crippen LogP contribution in [0.15, 0.2) is 47.4 Å². The lowest BCUT2D eigenvalue weighted by Gasteiger charge is -2.33. The van der Waals surface area contributed by atoms with E-state index in [0.717, 1.165) is 0 Å². The molecule has 0 aromatic heterocycles. The molecule has 0 aliphatic carbocycles. The Balaban J connectivity index is 2.10. The van der Waals surface area contributed by atoms with E-state index >= 15 is 0 Å². The number of halogens is 1. The lowest BCUT2D eigenvalue weighted by molar-refractivity contribution is 0.166. The van der Waals surface area contributed by atoms with Crippen molar-refractivity contribution in [3.05, 3.63) is 53.1 Å². The van der Waals surface area contributed by atoms with Gasteiger partial charge in [0, 0.05) is 23.2 Å². The van der Waals surface area contributed by atoms with Gasteiger partial charge in [-0.1, -0.05) is 17.7 Å². The van der Waals surface area contributed by atoms with Crippen LogP contribution in [0.2, 0.25) is 5.02 Å². The maximum absolute atomic E-state index is 12.9. The van der Waals surface area contributed by atoms with E-state index < -0.39 is 16.1 Å². The summed E-state index contributed by atoms with van der Waals surface area (Å²) in [5, 5.41) is 10.6. The zero-order chi connectivity index (χ0) is 16.6. The van der Waals surface area contributed by atoms with Gasteiger partial charge in [0.05, 0.1) is 23.8 Å². The molecular formula is C16H16ClNO4S. The van der Waals surface area contributed by atoms with Crippen molar-refractivity contribution in [2.45, 2.75) is 17.4 Å². The van der Waals surface area contributed by atoms with E-state index in [1.54, 1.807) is 30.3 Å². The molecular weight excluding hydrogens is 338 g/mol. The van der Waals surface area contributed by atoms with Crippen LogP contribution >= 0.6 is 11.6 Å². The van der Waals surface area contributed by atoms with Crippen molar-refractivity contribution in [3.8, 4) is 5.75 Å². The van der Waals surface area contributed by atoms with E-state index in [-0.39, 0.29) is 11.4 Å². The first kappa shape index (κ1) is 16.1. The van der Waals surface area contributed by atoms with Gasteiger partial charge < -0.3 is 9.84 Å². The molecule has 2 aromatic rings. The molecule has 5 nitrogen and oxygen atoms in total. The molecule has 1 N–H and O–H groups in total.